The Kier molecular flexibility index (Phi) is 30.2. The van der Waals surface area contributed by atoms with Gasteiger partial charge in [0.25, 0.3) is 0 Å². The van der Waals surface area contributed by atoms with Crippen molar-refractivity contribution < 1.29 is 49.6 Å². The predicted molar refractivity (Wildman–Crippen MR) is 71.1 cm³/mol. The topological polar surface area (TPSA) is 69.6 Å². The number of hydrogen-bond acceptors (Lipinski definition) is 4. The van der Waals surface area contributed by atoms with Gasteiger partial charge in [0.05, 0.1) is 6.61 Å². The van der Waals surface area contributed by atoms with Crippen LogP contribution < -0.4 is 34.7 Å². The van der Waals surface area contributed by atoms with E-state index in [1.165, 1.54) is 57.8 Å². The molecular weight excluding hydrogens is 255 g/mol. The van der Waals surface area contributed by atoms with Crippen LogP contribution in [0.3, 0.4) is 0 Å². The van der Waals surface area contributed by atoms with Gasteiger partial charge in [-0.15, -0.1) is 0 Å². The molecule has 0 aliphatic heterocycles. The zero-order valence-electron chi connectivity index (χ0n) is 13.0. The van der Waals surface area contributed by atoms with Gasteiger partial charge in [-0.2, -0.15) is 0 Å². The third-order valence-corrected chi connectivity index (χ3v) is 2.59. The second-order valence-electron chi connectivity index (χ2n) is 4.51. The van der Waals surface area contributed by atoms with Crippen LogP contribution in [0.2, 0.25) is 0 Å². The first-order valence-electron chi connectivity index (χ1n) is 7.09. The van der Waals surface area contributed by atoms with E-state index in [1.807, 2.05) is 0 Å². The molecule has 5 heteroatoms. The Balaban J connectivity index is -0.000000448. The zero-order valence-corrected chi connectivity index (χ0v) is 15.0. The van der Waals surface area contributed by atoms with Crippen LogP contribution in [0, 0.1) is 0 Å². The molecule has 0 aromatic heterocycles. The van der Waals surface area contributed by atoms with E-state index in [4.69, 9.17) is 15.2 Å². The van der Waals surface area contributed by atoms with Gasteiger partial charge in [0.2, 0.25) is 0 Å². The van der Waals surface area contributed by atoms with Gasteiger partial charge in [-0.25, -0.2) is 4.89 Å². The molecular formula is C14H29NaO4. The number of carbonyl (C=O) groups is 1. The van der Waals surface area contributed by atoms with Crippen LogP contribution in [0.25, 0.3) is 0 Å². The van der Waals surface area contributed by atoms with Gasteiger partial charge in [-0.3, -0.25) is 5.26 Å². The number of carbonyl (C=O) groups excluding carboxylic acids is 1. The maximum Gasteiger partial charge on any atom is 1.00 e. The van der Waals surface area contributed by atoms with Crippen molar-refractivity contribution in [2.45, 2.75) is 78.1 Å². The molecule has 0 rings (SSSR count). The minimum Gasteiger partial charge on any atom is -0.550 e. The van der Waals surface area contributed by atoms with Crippen LogP contribution in [-0.4, -0.2) is 17.8 Å². The van der Waals surface area contributed by atoms with Crippen LogP contribution in [-0.2, 0) is 9.68 Å². The quantitative estimate of drug-likeness (QED) is 0.254. The molecule has 110 valence electrons. The number of rotatable bonds is 11. The molecule has 0 radical (unpaired) electrons. The van der Waals surface area contributed by atoms with E-state index in [0.29, 0.717) is 6.61 Å². The molecule has 0 aromatic rings. The SMILES string of the molecule is CC(=O)[O-].CCCCCCCCCCCCOO.[Na+]. The van der Waals surface area contributed by atoms with Crippen molar-refractivity contribution in [2.75, 3.05) is 6.61 Å². The molecule has 0 unspecified atom stereocenters. The first kappa shape index (κ1) is 24.4. The summed E-state index contributed by atoms with van der Waals surface area (Å²) < 4.78 is 0. The molecule has 0 amide bonds. The summed E-state index contributed by atoms with van der Waals surface area (Å²) in [7, 11) is 0. The molecule has 19 heavy (non-hydrogen) atoms. The molecule has 0 bridgehead atoms. The van der Waals surface area contributed by atoms with Gasteiger partial charge in [0, 0.05) is 5.97 Å². The second kappa shape index (κ2) is 23.5. The molecule has 0 aliphatic rings. The summed E-state index contributed by atoms with van der Waals surface area (Å²) in [5, 5.41) is 17.0. The van der Waals surface area contributed by atoms with Crippen LogP contribution in [0.4, 0.5) is 0 Å². The molecule has 1 N–H and O–H groups in total. The van der Waals surface area contributed by atoms with E-state index >= 15 is 0 Å². The van der Waals surface area contributed by atoms with Crippen molar-refractivity contribution in [2.24, 2.45) is 0 Å². The molecule has 0 atom stereocenters. The minimum atomic E-state index is -1.08. The predicted octanol–water partition coefficient (Wildman–Crippen LogP) is 0.157. The Labute approximate surface area is 140 Å². The summed E-state index contributed by atoms with van der Waals surface area (Å²) in [6.07, 6.45) is 13.1. The summed E-state index contributed by atoms with van der Waals surface area (Å²) in [6, 6.07) is 0. The largest absolute Gasteiger partial charge is 1.00 e. The fourth-order valence-electron chi connectivity index (χ4n) is 1.65. The fourth-order valence-corrected chi connectivity index (χ4v) is 1.65. The standard InChI is InChI=1S/C12H26O2.C2H4O2.Na/c1-2-3-4-5-6-7-8-9-10-11-12-14-13;1-2(3)4;/h13H,2-12H2,1H3;1H3,(H,3,4);/q;;+1/p-1. The molecule has 0 saturated carbocycles. The van der Waals surface area contributed by atoms with Gasteiger partial charge >= 0.3 is 29.6 Å². The third kappa shape index (κ3) is 38.1. The van der Waals surface area contributed by atoms with E-state index in [0.717, 1.165) is 13.3 Å². The summed E-state index contributed by atoms with van der Waals surface area (Å²) in [4.78, 5) is 12.9. The minimum absolute atomic E-state index is 0. The molecule has 0 aromatic carbocycles. The van der Waals surface area contributed by atoms with Crippen LogP contribution >= 0.6 is 0 Å². The molecule has 0 saturated heterocycles. The third-order valence-electron chi connectivity index (χ3n) is 2.59. The van der Waals surface area contributed by atoms with Crippen molar-refractivity contribution in [1.82, 2.24) is 0 Å². The normalized spacial score (nSPS) is 9.21. The van der Waals surface area contributed by atoms with Gasteiger partial charge in [0.1, 0.15) is 0 Å². The summed E-state index contributed by atoms with van der Waals surface area (Å²) in [5.41, 5.74) is 0. The average molecular weight is 284 g/mol. The van der Waals surface area contributed by atoms with E-state index in [9.17, 15) is 0 Å². The molecule has 4 nitrogen and oxygen atoms in total. The maximum atomic E-state index is 8.89. The smallest absolute Gasteiger partial charge is 0.550 e. The number of carboxylic acids is 1. The number of carboxylic acid groups (broad SMARTS) is 1. The molecule has 0 heterocycles. The average Bonchev–Trinajstić information content (AvgIpc) is 2.31. The first-order chi connectivity index (χ1) is 8.65. The summed E-state index contributed by atoms with van der Waals surface area (Å²) in [6.45, 7) is 3.72. The van der Waals surface area contributed by atoms with Gasteiger partial charge in [-0.05, 0) is 13.3 Å². The Morgan fingerprint density at radius 1 is 0.947 bits per heavy atom. The maximum absolute atomic E-state index is 8.89. The Bertz CT molecular complexity index is 150. The van der Waals surface area contributed by atoms with E-state index < -0.39 is 5.97 Å². The van der Waals surface area contributed by atoms with Crippen molar-refractivity contribution >= 4 is 5.97 Å². The van der Waals surface area contributed by atoms with Gasteiger partial charge < -0.3 is 9.90 Å². The van der Waals surface area contributed by atoms with Crippen LogP contribution in [0.1, 0.15) is 78.1 Å². The van der Waals surface area contributed by atoms with Crippen LogP contribution in [0.15, 0.2) is 0 Å². The van der Waals surface area contributed by atoms with Crippen LogP contribution in [0.5, 0.6) is 0 Å². The summed E-state index contributed by atoms with van der Waals surface area (Å²) >= 11 is 0. The molecule has 0 fully saturated rings. The molecule has 0 aliphatic carbocycles. The van der Waals surface area contributed by atoms with Crippen molar-refractivity contribution in [1.29, 1.82) is 0 Å². The van der Waals surface area contributed by atoms with E-state index in [-0.39, 0.29) is 29.6 Å². The number of hydrogen-bond donors (Lipinski definition) is 1. The van der Waals surface area contributed by atoms with Gasteiger partial charge in [-0.1, -0.05) is 64.7 Å². The first-order valence-corrected chi connectivity index (χ1v) is 7.09. The Hall–Kier alpha value is 0.390. The monoisotopic (exact) mass is 284 g/mol. The van der Waals surface area contributed by atoms with Gasteiger partial charge in [0.15, 0.2) is 0 Å². The number of aliphatic carboxylic acids is 1. The van der Waals surface area contributed by atoms with E-state index in [2.05, 4.69) is 11.8 Å². The van der Waals surface area contributed by atoms with E-state index in [1.54, 1.807) is 0 Å². The van der Waals surface area contributed by atoms with Crippen molar-refractivity contribution in [3.63, 3.8) is 0 Å². The number of unbranched alkanes of at least 4 members (excludes halogenated alkanes) is 9. The second-order valence-corrected chi connectivity index (χ2v) is 4.51. The Morgan fingerprint density at radius 2 is 1.26 bits per heavy atom. The molecule has 0 spiro atoms. The fraction of sp³-hybridized carbons (Fsp3) is 0.929. The Morgan fingerprint density at radius 3 is 1.58 bits per heavy atom. The van der Waals surface area contributed by atoms with Crippen molar-refractivity contribution in [3.05, 3.63) is 0 Å². The zero-order chi connectivity index (χ0) is 14.1. The van der Waals surface area contributed by atoms with Crippen molar-refractivity contribution in [3.8, 4) is 0 Å². The summed E-state index contributed by atoms with van der Waals surface area (Å²) in [5.74, 6) is -1.08.